The third-order valence-corrected chi connectivity index (χ3v) is 5.80. The molecule has 138 valence electrons. The van der Waals surface area contributed by atoms with Crippen molar-refractivity contribution < 1.29 is 4.39 Å². The summed E-state index contributed by atoms with van der Waals surface area (Å²) in [5.74, 6) is -0.223. The van der Waals surface area contributed by atoms with E-state index in [-0.39, 0.29) is 12.0 Å². The summed E-state index contributed by atoms with van der Waals surface area (Å²) >= 11 is 0. The van der Waals surface area contributed by atoms with Gasteiger partial charge in [-0.2, -0.15) is 0 Å². The Hall–Kier alpha value is -2.82. The van der Waals surface area contributed by atoms with E-state index in [1.165, 1.54) is 55.4 Å². The third-order valence-electron chi connectivity index (χ3n) is 5.80. The van der Waals surface area contributed by atoms with Crippen molar-refractivity contribution in [2.75, 3.05) is 0 Å². The quantitative estimate of drug-likeness (QED) is 0.844. The minimum atomic E-state index is -0.223. The zero-order chi connectivity index (χ0) is 18.2. The highest BCUT2D eigenvalue weighted by molar-refractivity contribution is 5.86. The van der Waals surface area contributed by atoms with Gasteiger partial charge >= 0.3 is 0 Å². The molecule has 1 atom stereocenters. The molecule has 3 heterocycles. The minimum Gasteiger partial charge on any atom is -0.368 e. The Morgan fingerprint density at radius 2 is 1.70 bits per heavy atom. The Balaban J connectivity index is 1.69. The van der Waals surface area contributed by atoms with Crippen molar-refractivity contribution in [3.63, 3.8) is 0 Å². The predicted octanol–water partition coefficient (Wildman–Crippen LogP) is 4.51. The molecular weight excluding hydrogens is 339 g/mol. The van der Waals surface area contributed by atoms with E-state index >= 15 is 0 Å². The second kappa shape index (κ2) is 6.72. The number of dihydropyridines is 1. The van der Waals surface area contributed by atoms with Crippen LogP contribution in [0.25, 0.3) is 16.8 Å². The summed E-state index contributed by atoms with van der Waals surface area (Å²) in [5, 5.41) is 6.68. The standard InChI is InChI=1S/C22H23FN4/c23-16-8-6-15(7-9-16)20-21(18-10-12-24-22-19(18)11-13-25-22)27(14-26-20)17-4-2-1-3-5-17/h6-14,17,22,24-25H,1-5H2. The molecule has 2 aromatic rings. The summed E-state index contributed by atoms with van der Waals surface area (Å²) in [6.45, 7) is 0. The predicted molar refractivity (Wildman–Crippen MR) is 105 cm³/mol. The van der Waals surface area contributed by atoms with Crippen LogP contribution in [0.2, 0.25) is 0 Å². The van der Waals surface area contributed by atoms with Gasteiger partial charge in [-0.25, -0.2) is 9.37 Å². The number of hydrogen-bond acceptors (Lipinski definition) is 3. The molecule has 0 saturated heterocycles. The summed E-state index contributed by atoms with van der Waals surface area (Å²) in [7, 11) is 0. The number of benzene rings is 1. The van der Waals surface area contributed by atoms with Crippen molar-refractivity contribution in [1.29, 1.82) is 0 Å². The second-order valence-electron chi connectivity index (χ2n) is 7.45. The van der Waals surface area contributed by atoms with Gasteiger partial charge in [-0.1, -0.05) is 19.3 Å². The Labute approximate surface area is 158 Å². The van der Waals surface area contributed by atoms with Gasteiger partial charge in [0.2, 0.25) is 0 Å². The zero-order valence-corrected chi connectivity index (χ0v) is 15.2. The number of hydrogen-bond donors (Lipinski definition) is 2. The number of halogens is 1. The maximum Gasteiger partial charge on any atom is 0.123 e. The lowest BCUT2D eigenvalue weighted by Gasteiger charge is -2.27. The van der Waals surface area contributed by atoms with E-state index in [2.05, 4.69) is 27.4 Å². The van der Waals surface area contributed by atoms with Crippen molar-refractivity contribution in [3.8, 4) is 11.3 Å². The molecule has 3 aliphatic rings. The van der Waals surface area contributed by atoms with E-state index in [1.807, 2.05) is 30.9 Å². The number of aromatic nitrogens is 2. The van der Waals surface area contributed by atoms with Crippen LogP contribution in [0.15, 0.2) is 60.7 Å². The lowest BCUT2D eigenvalue weighted by Crippen LogP contribution is -2.36. The van der Waals surface area contributed by atoms with E-state index in [9.17, 15) is 4.39 Å². The second-order valence-corrected chi connectivity index (χ2v) is 7.45. The molecule has 0 bridgehead atoms. The Kier molecular flexibility index (Phi) is 4.07. The van der Waals surface area contributed by atoms with Crippen molar-refractivity contribution in [3.05, 3.63) is 72.2 Å². The number of rotatable bonds is 3. The fourth-order valence-electron chi connectivity index (χ4n) is 4.43. The lowest BCUT2D eigenvalue weighted by atomic mass is 9.93. The summed E-state index contributed by atoms with van der Waals surface area (Å²) < 4.78 is 15.8. The van der Waals surface area contributed by atoms with Gasteiger partial charge in [0.1, 0.15) is 12.0 Å². The van der Waals surface area contributed by atoms with Gasteiger partial charge in [0.05, 0.1) is 17.7 Å². The first kappa shape index (κ1) is 16.4. The Bertz CT molecular complexity index is 930. The number of nitrogens with zero attached hydrogens (tertiary/aromatic N) is 2. The SMILES string of the molecule is Fc1ccc(-c2ncn(C3CCCCC3)c2C2=C3C=CNC3NC=C2)cc1. The van der Waals surface area contributed by atoms with Crippen LogP contribution < -0.4 is 10.6 Å². The monoisotopic (exact) mass is 362 g/mol. The molecule has 2 aliphatic heterocycles. The molecule has 0 radical (unpaired) electrons. The van der Waals surface area contributed by atoms with E-state index in [0.717, 1.165) is 17.0 Å². The highest BCUT2D eigenvalue weighted by Crippen LogP contribution is 2.38. The summed E-state index contributed by atoms with van der Waals surface area (Å²) in [4.78, 5) is 4.79. The lowest BCUT2D eigenvalue weighted by molar-refractivity contribution is 0.351. The van der Waals surface area contributed by atoms with Crippen LogP contribution in [0.4, 0.5) is 4.39 Å². The third kappa shape index (κ3) is 2.87. The molecule has 1 unspecified atom stereocenters. The molecule has 1 aromatic carbocycles. The number of fused-ring (bicyclic) bond motifs is 1. The van der Waals surface area contributed by atoms with Crippen LogP contribution in [-0.4, -0.2) is 15.7 Å². The van der Waals surface area contributed by atoms with Gasteiger partial charge in [0, 0.05) is 22.8 Å². The molecule has 1 aromatic heterocycles. The minimum absolute atomic E-state index is 0.0979. The molecule has 4 nitrogen and oxygen atoms in total. The maximum atomic E-state index is 13.5. The van der Waals surface area contributed by atoms with E-state index in [1.54, 1.807) is 0 Å². The van der Waals surface area contributed by atoms with Crippen molar-refractivity contribution in [2.45, 2.75) is 44.3 Å². The molecule has 0 spiro atoms. The molecule has 1 saturated carbocycles. The van der Waals surface area contributed by atoms with Crippen LogP contribution in [-0.2, 0) is 0 Å². The van der Waals surface area contributed by atoms with Crippen LogP contribution >= 0.6 is 0 Å². The Morgan fingerprint density at radius 1 is 0.963 bits per heavy atom. The van der Waals surface area contributed by atoms with Crippen LogP contribution in [0.3, 0.4) is 0 Å². The van der Waals surface area contributed by atoms with E-state index in [4.69, 9.17) is 4.98 Å². The van der Waals surface area contributed by atoms with Crippen LogP contribution in [0.1, 0.15) is 43.8 Å². The fourth-order valence-corrected chi connectivity index (χ4v) is 4.43. The van der Waals surface area contributed by atoms with Gasteiger partial charge in [0.15, 0.2) is 0 Å². The summed E-state index contributed by atoms with van der Waals surface area (Å²) in [6, 6.07) is 7.14. The highest BCUT2D eigenvalue weighted by Gasteiger charge is 2.28. The van der Waals surface area contributed by atoms with Gasteiger partial charge in [-0.05, 0) is 61.7 Å². The molecular formula is C22H23FN4. The molecule has 1 aliphatic carbocycles. The molecule has 2 N–H and O–H groups in total. The fraction of sp³-hybridized carbons (Fsp3) is 0.318. The first-order chi connectivity index (χ1) is 13.3. The molecule has 0 amide bonds. The van der Waals surface area contributed by atoms with Gasteiger partial charge in [0.25, 0.3) is 0 Å². The van der Waals surface area contributed by atoms with Gasteiger partial charge in [-0.3, -0.25) is 0 Å². The average molecular weight is 362 g/mol. The summed E-state index contributed by atoms with van der Waals surface area (Å²) in [6.07, 6.45) is 16.5. The Morgan fingerprint density at radius 3 is 2.48 bits per heavy atom. The summed E-state index contributed by atoms with van der Waals surface area (Å²) in [5.41, 5.74) is 5.42. The first-order valence-electron chi connectivity index (χ1n) is 9.74. The topological polar surface area (TPSA) is 41.9 Å². The van der Waals surface area contributed by atoms with Crippen molar-refractivity contribution >= 4 is 5.57 Å². The largest absolute Gasteiger partial charge is 0.368 e. The normalized spacial score (nSPS) is 21.9. The average Bonchev–Trinajstić information content (AvgIpc) is 3.36. The number of imidazole rings is 1. The molecule has 5 rings (SSSR count). The first-order valence-corrected chi connectivity index (χ1v) is 9.74. The highest BCUT2D eigenvalue weighted by atomic mass is 19.1. The van der Waals surface area contributed by atoms with Crippen molar-refractivity contribution in [2.24, 2.45) is 0 Å². The van der Waals surface area contributed by atoms with Crippen LogP contribution in [0, 0.1) is 5.82 Å². The molecule has 27 heavy (non-hydrogen) atoms. The maximum absolute atomic E-state index is 13.5. The molecule has 1 fully saturated rings. The van der Waals surface area contributed by atoms with Gasteiger partial charge < -0.3 is 15.2 Å². The van der Waals surface area contributed by atoms with Crippen molar-refractivity contribution in [1.82, 2.24) is 20.2 Å². The smallest absolute Gasteiger partial charge is 0.123 e. The van der Waals surface area contributed by atoms with Crippen LogP contribution in [0.5, 0.6) is 0 Å². The van der Waals surface area contributed by atoms with Gasteiger partial charge in [-0.15, -0.1) is 0 Å². The number of nitrogens with one attached hydrogen (secondary N) is 2. The molecule has 5 heteroatoms. The van der Waals surface area contributed by atoms with E-state index < -0.39 is 0 Å². The van der Waals surface area contributed by atoms with E-state index in [0.29, 0.717) is 6.04 Å². The zero-order valence-electron chi connectivity index (χ0n) is 15.2. The number of allylic oxidation sites excluding steroid dienone is 2.